The van der Waals surface area contributed by atoms with Crippen molar-refractivity contribution in [1.29, 1.82) is 0 Å². The lowest BCUT2D eigenvalue weighted by molar-refractivity contribution is 1.02. The van der Waals surface area contributed by atoms with Crippen molar-refractivity contribution in [2.24, 2.45) is 0 Å². The summed E-state index contributed by atoms with van der Waals surface area (Å²) in [5.41, 5.74) is 8.82. The summed E-state index contributed by atoms with van der Waals surface area (Å²) in [6, 6.07) is 56.8. The number of hydrogen-bond acceptors (Lipinski definition) is 2. The Morgan fingerprint density at radius 2 is 1.06 bits per heavy atom. The highest BCUT2D eigenvalue weighted by Crippen LogP contribution is 2.47. The summed E-state index contributed by atoms with van der Waals surface area (Å²) in [6.07, 6.45) is 0. The van der Waals surface area contributed by atoms with Gasteiger partial charge in [0.25, 0.3) is 0 Å². The number of rotatable bonds is 2. The molecule has 0 aliphatic carbocycles. The summed E-state index contributed by atoms with van der Waals surface area (Å²) in [6.45, 7) is 0. The second kappa shape index (κ2) is 9.43. The van der Waals surface area contributed by atoms with Gasteiger partial charge in [-0.15, -0.1) is 0 Å². The number of para-hydroxylation sites is 2. The minimum atomic E-state index is 0.672. The molecule has 0 spiro atoms. The molecule has 8 aromatic carbocycles. The van der Waals surface area contributed by atoms with Crippen LogP contribution in [0.2, 0.25) is 0 Å². The molecular weight excluding hydrogens is 609 g/mol. The van der Waals surface area contributed by atoms with Crippen LogP contribution in [-0.4, -0.2) is 18.9 Å². The maximum atomic E-state index is 5.53. The van der Waals surface area contributed by atoms with Crippen LogP contribution in [0.5, 0.6) is 0 Å². The number of nitrogens with zero attached hydrogens (tertiary/aromatic N) is 4. The molecule has 0 fully saturated rings. The molecule has 4 heterocycles. The largest absolute Gasteiger partial charge is 0.306 e. The van der Waals surface area contributed by atoms with E-state index < -0.39 is 0 Å². The van der Waals surface area contributed by atoms with Gasteiger partial charge in [0.1, 0.15) is 0 Å². The number of fused-ring (bicyclic) bond motifs is 14. The fourth-order valence-corrected chi connectivity index (χ4v) is 8.68. The van der Waals surface area contributed by atoms with Gasteiger partial charge in [-0.25, -0.2) is 9.97 Å². The quantitative estimate of drug-likeness (QED) is 0.190. The average molecular weight is 635 g/mol. The number of benzene rings is 8. The second-order valence-corrected chi connectivity index (χ2v) is 13.4. The molecule has 50 heavy (non-hydrogen) atoms. The van der Waals surface area contributed by atoms with E-state index in [0.29, 0.717) is 5.95 Å². The third-order valence-electron chi connectivity index (χ3n) is 10.8. The summed E-state index contributed by atoms with van der Waals surface area (Å²) >= 11 is 0. The Bertz CT molecular complexity index is 3380. The molecule has 0 radical (unpaired) electrons. The highest BCUT2D eigenvalue weighted by molar-refractivity contribution is 6.34. The summed E-state index contributed by atoms with van der Waals surface area (Å²) < 4.78 is 4.86. The van der Waals surface area contributed by atoms with Crippen LogP contribution in [0, 0.1) is 0 Å². The van der Waals surface area contributed by atoms with Gasteiger partial charge in [0.2, 0.25) is 5.95 Å². The molecule has 0 aliphatic heterocycles. The summed E-state index contributed by atoms with van der Waals surface area (Å²) in [4.78, 5) is 10.9. The Balaban J connectivity index is 1.32. The molecule has 0 saturated carbocycles. The number of aromatic nitrogens is 4. The van der Waals surface area contributed by atoms with Crippen LogP contribution in [0.3, 0.4) is 0 Å². The molecule has 4 nitrogen and oxygen atoms in total. The standard InChI is InChI=1S/C46H26N4/c1-2-13-29-25-31(22-21-27(29)11-1)41-34-17-7-9-19-38(34)47-46(48-41)50-42-33-16-6-3-12-28(33)23-24-36(42)44-45(50)37-26-30-14-4-5-15-32(30)40-35-18-8-10-20-39(35)49(44)43(37)40/h1-26H. The van der Waals surface area contributed by atoms with E-state index >= 15 is 0 Å². The minimum absolute atomic E-state index is 0.672. The molecule has 4 aromatic heterocycles. The monoisotopic (exact) mass is 634 g/mol. The fraction of sp³-hybridized carbons (Fsp3) is 0. The van der Waals surface area contributed by atoms with Gasteiger partial charge < -0.3 is 4.40 Å². The van der Waals surface area contributed by atoms with Crippen molar-refractivity contribution in [3.8, 4) is 17.2 Å². The summed E-state index contributed by atoms with van der Waals surface area (Å²) in [5.74, 6) is 0.672. The summed E-state index contributed by atoms with van der Waals surface area (Å²) in [5, 5.41) is 13.3. The molecule has 230 valence electrons. The van der Waals surface area contributed by atoms with Crippen LogP contribution in [0.1, 0.15) is 0 Å². The van der Waals surface area contributed by atoms with Crippen LogP contribution in [0.15, 0.2) is 158 Å². The third-order valence-corrected chi connectivity index (χ3v) is 10.8. The average Bonchev–Trinajstić information content (AvgIpc) is 3.81. The smallest absolute Gasteiger partial charge is 0.235 e. The van der Waals surface area contributed by atoms with E-state index in [1.54, 1.807) is 0 Å². The zero-order valence-corrected chi connectivity index (χ0v) is 26.8. The van der Waals surface area contributed by atoms with Crippen molar-refractivity contribution in [2.75, 3.05) is 0 Å². The van der Waals surface area contributed by atoms with Crippen molar-refractivity contribution in [3.05, 3.63) is 158 Å². The van der Waals surface area contributed by atoms with Crippen LogP contribution in [0.4, 0.5) is 0 Å². The molecule has 0 amide bonds. The molecular formula is C46H26N4. The second-order valence-electron chi connectivity index (χ2n) is 13.4. The molecule has 12 aromatic rings. The first-order chi connectivity index (χ1) is 24.8. The van der Waals surface area contributed by atoms with Crippen molar-refractivity contribution in [1.82, 2.24) is 18.9 Å². The van der Waals surface area contributed by atoms with Crippen molar-refractivity contribution < 1.29 is 0 Å². The van der Waals surface area contributed by atoms with Gasteiger partial charge in [0.15, 0.2) is 0 Å². The van der Waals surface area contributed by atoms with E-state index in [1.807, 2.05) is 0 Å². The highest BCUT2D eigenvalue weighted by atomic mass is 15.2. The first-order valence-electron chi connectivity index (χ1n) is 17.1. The maximum Gasteiger partial charge on any atom is 0.235 e. The Morgan fingerprint density at radius 1 is 0.380 bits per heavy atom. The predicted molar refractivity (Wildman–Crippen MR) is 209 cm³/mol. The van der Waals surface area contributed by atoms with Gasteiger partial charge in [0.05, 0.1) is 38.8 Å². The SMILES string of the molecule is c1ccc2cc(-c3nc(-n4c5c6ccccc6ccc5c5c4c4cc6ccccc6c6c7ccccc7n5c46)nc4ccccc34)ccc2c1. The molecule has 0 aliphatic rings. The normalized spacial score (nSPS) is 12.4. The molecule has 4 heteroatoms. The minimum Gasteiger partial charge on any atom is -0.306 e. The molecule has 0 unspecified atom stereocenters. The van der Waals surface area contributed by atoms with E-state index in [2.05, 4.69) is 167 Å². The zero-order valence-electron chi connectivity index (χ0n) is 26.8. The van der Waals surface area contributed by atoms with Crippen LogP contribution < -0.4 is 0 Å². The zero-order chi connectivity index (χ0) is 32.5. The van der Waals surface area contributed by atoms with Crippen molar-refractivity contribution >= 4 is 92.3 Å². The van der Waals surface area contributed by atoms with E-state index in [9.17, 15) is 0 Å². The van der Waals surface area contributed by atoms with Gasteiger partial charge in [-0.2, -0.15) is 0 Å². The molecule has 0 atom stereocenters. The summed E-state index contributed by atoms with van der Waals surface area (Å²) in [7, 11) is 0. The first-order valence-corrected chi connectivity index (χ1v) is 17.1. The van der Waals surface area contributed by atoms with E-state index in [4.69, 9.17) is 9.97 Å². The fourth-order valence-electron chi connectivity index (χ4n) is 8.68. The third kappa shape index (κ3) is 3.30. The van der Waals surface area contributed by atoms with Crippen molar-refractivity contribution in [3.63, 3.8) is 0 Å². The Hall–Kier alpha value is -6.78. The maximum absolute atomic E-state index is 5.53. The van der Waals surface area contributed by atoms with E-state index in [0.717, 1.165) is 33.2 Å². The Morgan fingerprint density at radius 3 is 1.94 bits per heavy atom. The first kappa shape index (κ1) is 26.2. The topological polar surface area (TPSA) is 35.1 Å². The Kier molecular flexibility index (Phi) is 4.94. The van der Waals surface area contributed by atoms with Crippen LogP contribution in [-0.2, 0) is 0 Å². The van der Waals surface area contributed by atoms with Gasteiger partial charge in [-0.05, 0) is 51.2 Å². The van der Waals surface area contributed by atoms with Crippen molar-refractivity contribution in [2.45, 2.75) is 0 Å². The van der Waals surface area contributed by atoms with E-state index in [-0.39, 0.29) is 0 Å². The lowest BCUT2D eigenvalue weighted by Crippen LogP contribution is -2.03. The molecule has 0 N–H and O–H groups in total. The number of hydrogen-bond donors (Lipinski definition) is 0. The van der Waals surface area contributed by atoms with Crippen LogP contribution in [0.25, 0.3) is 110 Å². The van der Waals surface area contributed by atoms with Gasteiger partial charge in [-0.3, -0.25) is 4.57 Å². The van der Waals surface area contributed by atoms with Crippen LogP contribution >= 0.6 is 0 Å². The predicted octanol–water partition coefficient (Wildman–Crippen LogP) is 11.9. The molecule has 0 saturated heterocycles. The van der Waals surface area contributed by atoms with Gasteiger partial charge in [-0.1, -0.05) is 133 Å². The molecule has 12 rings (SSSR count). The Labute approximate surface area is 285 Å². The van der Waals surface area contributed by atoms with Gasteiger partial charge in [0, 0.05) is 37.9 Å². The lowest BCUT2D eigenvalue weighted by atomic mass is 10.0. The highest BCUT2D eigenvalue weighted by Gasteiger charge is 2.27. The molecule has 0 bridgehead atoms. The van der Waals surface area contributed by atoms with E-state index in [1.165, 1.54) is 70.4 Å². The lowest BCUT2D eigenvalue weighted by Gasteiger charge is -2.13. The van der Waals surface area contributed by atoms with Gasteiger partial charge >= 0.3 is 0 Å².